The molecule has 0 bridgehead atoms. The number of hydrogen-bond acceptors (Lipinski definition) is 4. The molecule has 224 valence electrons. The third kappa shape index (κ3) is 4.11. The number of aromatic nitrogens is 4. The van der Waals surface area contributed by atoms with Crippen LogP contribution in [-0.4, -0.2) is 19.5 Å². The molecule has 4 aromatic heterocycles. The Morgan fingerprint density at radius 2 is 1.08 bits per heavy atom. The zero-order chi connectivity index (χ0) is 31.6. The second-order valence-electron chi connectivity index (χ2n) is 12.0. The molecule has 6 aromatic carbocycles. The van der Waals surface area contributed by atoms with E-state index in [-0.39, 0.29) is 0 Å². The SMILES string of the molecule is c1ccc(-c2nc(-c3ccc(-c4nc5c6ccccc6sc5c5c6ccccc6n(-c6ccccc6)c45)cc3)nc3ccccc23)cc1. The van der Waals surface area contributed by atoms with E-state index in [9.17, 15) is 0 Å². The van der Waals surface area contributed by atoms with Gasteiger partial charge in [-0.1, -0.05) is 127 Å². The lowest BCUT2D eigenvalue weighted by Gasteiger charge is -2.12. The number of fused-ring (bicyclic) bond motifs is 8. The fourth-order valence-electron chi connectivity index (χ4n) is 7.02. The number of hydrogen-bond donors (Lipinski definition) is 0. The quantitative estimate of drug-likeness (QED) is 0.194. The van der Waals surface area contributed by atoms with Crippen LogP contribution in [0.2, 0.25) is 0 Å². The van der Waals surface area contributed by atoms with Crippen molar-refractivity contribution in [2.75, 3.05) is 0 Å². The number of pyridine rings is 1. The molecule has 0 saturated heterocycles. The van der Waals surface area contributed by atoms with E-state index in [0.29, 0.717) is 5.82 Å². The summed E-state index contributed by atoms with van der Waals surface area (Å²) in [6.45, 7) is 0. The highest BCUT2D eigenvalue weighted by atomic mass is 32.1. The largest absolute Gasteiger partial charge is 0.307 e. The molecule has 5 heteroatoms. The second-order valence-corrected chi connectivity index (χ2v) is 13.1. The average Bonchev–Trinajstić information content (AvgIpc) is 3.71. The topological polar surface area (TPSA) is 43.6 Å². The summed E-state index contributed by atoms with van der Waals surface area (Å²) < 4.78 is 4.84. The summed E-state index contributed by atoms with van der Waals surface area (Å²) in [7, 11) is 0. The van der Waals surface area contributed by atoms with Crippen molar-refractivity contribution in [1.82, 2.24) is 19.5 Å². The molecule has 0 aliphatic rings. The predicted molar refractivity (Wildman–Crippen MR) is 201 cm³/mol. The molecule has 0 spiro atoms. The Balaban J connectivity index is 1.23. The van der Waals surface area contributed by atoms with E-state index in [2.05, 4.69) is 144 Å². The summed E-state index contributed by atoms with van der Waals surface area (Å²) in [5, 5.41) is 4.70. The first-order valence-electron chi connectivity index (χ1n) is 16.0. The van der Waals surface area contributed by atoms with Crippen molar-refractivity contribution in [1.29, 1.82) is 0 Å². The van der Waals surface area contributed by atoms with Crippen LogP contribution in [0, 0.1) is 0 Å². The van der Waals surface area contributed by atoms with Gasteiger partial charge < -0.3 is 4.57 Å². The van der Waals surface area contributed by atoms with Crippen LogP contribution in [0.3, 0.4) is 0 Å². The summed E-state index contributed by atoms with van der Waals surface area (Å²) in [5.74, 6) is 0.704. The van der Waals surface area contributed by atoms with Gasteiger partial charge in [-0.2, -0.15) is 0 Å². The molecule has 0 unspecified atom stereocenters. The minimum absolute atomic E-state index is 0.704. The molecule has 10 rings (SSSR count). The Bertz CT molecular complexity index is 2820. The van der Waals surface area contributed by atoms with Crippen LogP contribution in [0.4, 0.5) is 0 Å². The maximum Gasteiger partial charge on any atom is 0.160 e. The average molecular weight is 631 g/mol. The molecule has 0 atom stereocenters. The molecular weight excluding hydrogens is 605 g/mol. The minimum Gasteiger partial charge on any atom is -0.307 e. The van der Waals surface area contributed by atoms with Gasteiger partial charge in [-0.05, 0) is 30.3 Å². The van der Waals surface area contributed by atoms with E-state index in [1.54, 1.807) is 0 Å². The van der Waals surface area contributed by atoms with E-state index in [1.165, 1.54) is 31.1 Å². The fraction of sp³-hybridized carbons (Fsp3) is 0. The number of para-hydroxylation sites is 3. The Labute approximate surface area is 280 Å². The lowest BCUT2D eigenvalue weighted by Crippen LogP contribution is -1.97. The van der Waals surface area contributed by atoms with E-state index in [1.807, 2.05) is 29.5 Å². The monoisotopic (exact) mass is 630 g/mol. The Kier molecular flexibility index (Phi) is 6.01. The van der Waals surface area contributed by atoms with E-state index in [4.69, 9.17) is 15.0 Å². The van der Waals surface area contributed by atoms with Crippen molar-refractivity contribution in [2.24, 2.45) is 0 Å². The first-order valence-corrected chi connectivity index (χ1v) is 16.9. The van der Waals surface area contributed by atoms with E-state index >= 15 is 0 Å². The van der Waals surface area contributed by atoms with Gasteiger partial charge in [0.2, 0.25) is 0 Å². The molecule has 0 saturated carbocycles. The van der Waals surface area contributed by atoms with Crippen LogP contribution in [0.15, 0.2) is 158 Å². The Hall–Kier alpha value is -6.17. The summed E-state index contributed by atoms with van der Waals surface area (Å²) >= 11 is 1.83. The van der Waals surface area contributed by atoms with Gasteiger partial charge in [-0.25, -0.2) is 15.0 Å². The predicted octanol–water partition coefficient (Wildman–Crippen LogP) is 11.5. The Morgan fingerprint density at radius 1 is 0.458 bits per heavy atom. The van der Waals surface area contributed by atoms with Crippen molar-refractivity contribution in [3.8, 4) is 39.6 Å². The first kappa shape index (κ1) is 27.0. The maximum atomic E-state index is 5.50. The maximum absolute atomic E-state index is 5.50. The molecule has 4 nitrogen and oxygen atoms in total. The zero-order valence-electron chi connectivity index (χ0n) is 25.7. The van der Waals surface area contributed by atoms with Gasteiger partial charge in [0.25, 0.3) is 0 Å². The molecule has 0 aliphatic carbocycles. The van der Waals surface area contributed by atoms with Crippen LogP contribution in [0.25, 0.3) is 92.6 Å². The fourth-order valence-corrected chi connectivity index (χ4v) is 8.22. The van der Waals surface area contributed by atoms with E-state index < -0.39 is 0 Å². The molecule has 4 heterocycles. The van der Waals surface area contributed by atoms with Crippen molar-refractivity contribution in [2.45, 2.75) is 0 Å². The second kappa shape index (κ2) is 10.7. The van der Waals surface area contributed by atoms with Crippen molar-refractivity contribution >= 4 is 64.3 Å². The Morgan fingerprint density at radius 3 is 1.90 bits per heavy atom. The summed E-state index contributed by atoms with van der Waals surface area (Å²) in [6, 6.07) is 55.1. The first-order chi connectivity index (χ1) is 23.8. The van der Waals surface area contributed by atoms with Gasteiger partial charge in [0.05, 0.1) is 38.2 Å². The molecular formula is C43H26N4S. The third-order valence-electron chi connectivity index (χ3n) is 9.20. The highest BCUT2D eigenvalue weighted by Gasteiger charge is 2.23. The molecule has 0 N–H and O–H groups in total. The van der Waals surface area contributed by atoms with Crippen molar-refractivity contribution in [3.05, 3.63) is 158 Å². The number of benzene rings is 6. The summed E-state index contributed by atoms with van der Waals surface area (Å²) in [4.78, 5) is 15.6. The molecule has 0 fully saturated rings. The van der Waals surface area contributed by atoms with Crippen LogP contribution in [-0.2, 0) is 0 Å². The molecule has 0 radical (unpaired) electrons. The lowest BCUT2D eigenvalue weighted by molar-refractivity contribution is 1.17. The van der Waals surface area contributed by atoms with Crippen LogP contribution in [0.1, 0.15) is 0 Å². The van der Waals surface area contributed by atoms with Gasteiger partial charge in [-0.15, -0.1) is 11.3 Å². The van der Waals surface area contributed by atoms with Crippen LogP contribution < -0.4 is 0 Å². The molecule has 48 heavy (non-hydrogen) atoms. The van der Waals surface area contributed by atoms with E-state index in [0.717, 1.165) is 55.7 Å². The van der Waals surface area contributed by atoms with Gasteiger partial charge >= 0.3 is 0 Å². The molecule has 10 aromatic rings. The normalized spacial score (nSPS) is 11.8. The third-order valence-corrected chi connectivity index (χ3v) is 10.4. The zero-order valence-corrected chi connectivity index (χ0v) is 26.5. The highest BCUT2D eigenvalue weighted by molar-refractivity contribution is 7.26. The summed E-state index contributed by atoms with van der Waals surface area (Å²) in [6.07, 6.45) is 0. The molecule has 0 amide bonds. The smallest absolute Gasteiger partial charge is 0.160 e. The van der Waals surface area contributed by atoms with Crippen molar-refractivity contribution < 1.29 is 0 Å². The van der Waals surface area contributed by atoms with Crippen LogP contribution in [0.5, 0.6) is 0 Å². The number of rotatable bonds is 4. The summed E-state index contributed by atoms with van der Waals surface area (Å²) in [5.41, 5.74) is 10.3. The lowest BCUT2D eigenvalue weighted by atomic mass is 10.0. The van der Waals surface area contributed by atoms with Crippen molar-refractivity contribution in [3.63, 3.8) is 0 Å². The van der Waals surface area contributed by atoms with Gasteiger partial charge in [0.15, 0.2) is 5.82 Å². The number of thiophene rings is 1. The minimum atomic E-state index is 0.704. The van der Waals surface area contributed by atoms with Gasteiger partial charge in [0, 0.05) is 48.6 Å². The standard InChI is InChI=1S/C43H26N4S/c1-3-13-27(14-4-1)38-31-17-7-10-20-34(31)44-43(46-38)29-25-23-28(24-26-29)39-41-37(42-40(45-39)33-19-9-12-22-36(33)48-42)32-18-8-11-21-35(32)47(41)30-15-5-2-6-16-30/h1-26H. The van der Waals surface area contributed by atoms with Crippen LogP contribution >= 0.6 is 11.3 Å². The van der Waals surface area contributed by atoms with Gasteiger partial charge in [-0.3, -0.25) is 0 Å². The number of nitrogens with zero attached hydrogens (tertiary/aromatic N) is 4. The molecule has 0 aliphatic heterocycles. The van der Waals surface area contributed by atoms with Gasteiger partial charge in [0.1, 0.15) is 0 Å². The highest BCUT2D eigenvalue weighted by Crippen LogP contribution is 2.45.